The van der Waals surface area contributed by atoms with Crippen LogP contribution in [0.4, 0.5) is 0 Å². The lowest BCUT2D eigenvalue weighted by Gasteiger charge is -1.99. The van der Waals surface area contributed by atoms with Gasteiger partial charge < -0.3 is 14.2 Å². The average molecular weight is 270 g/mol. The number of rotatable bonds is 5. The van der Waals surface area contributed by atoms with Crippen molar-refractivity contribution >= 4 is 17.9 Å². The number of hydrogen-bond donors (Lipinski definition) is 0. The summed E-state index contributed by atoms with van der Waals surface area (Å²) in [4.78, 5) is 31.2. The summed E-state index contributed by atoms with van der Waals surface area (Å²) in [5.41, 5.74) is 0.402. The first-order valence-corrected chi connectivity index (χ1v) is 5.17. The quantitative estimate of drug-likeness (QED) is 0.424. The van der Waals surface area contributed by atoms with Crippen molar-refractivity contribution in [2.45, 2.75) is 6.92 Å². The van der Waals surface area contributed by atoms with Crippen LogP contribution in [0.25, 0.3) is 0 Å². The van der Waals surface area contributed by atoms with Gasteiger partial charge in [-0.3, -0.25) is 0 Å². The van der Waals surface area contributed by atoms with E-state index < -0.39 is 17.9 Å². The van der Waals surface area contributed by atoms with Gasteiger partial charge in [0, 0.05) is 17.7 Å². The molecule has 0 heterocycles. The summed E-state index contributed by atoms with van der Waals surface area (Å²) >= 11 is 0. The second-order valence-corrected chi connectivity index (χ2v) is 2.94. The molecule has 0 aromatic heterocycles. The third-order valence-electron chi connectivity index (χ3n) is 1.66. The van der Waals surface area contributed by atoms with Crippen LogP contribution in [0.1, 0.15) is 6.92 Å². The lowest BCUT2D eigenvalue weighted by Crippen LogP contribution is -2.05. The Labute approximate surface area is 112 Å². The topological polar surface area (TPSA) is 78.9 Å². The van der Waals surface area contributed by atoms with E-state index in [1.807, 2.05) is 0 Å². The van der Waals surface area contributed by atoms with Crippen LogP contribution in [0, 0.1) is 0 Å². The first-order chi connectivity index (χ1) is 8.92. The molecule has 0 saturated heterocycles. The van der Waals surface area contributed by atoms with Gasteiger partial charge >= 0.3 is 17.9 Å². The SMILES string of the molecule is C=CC(=O)OC.C=CC(=O)OCC=C(C)C(=O)OC. The maximum absolute atomic E-state index is 10.8. The van der Waals surface area contributed by atoms with Gasteiger partial charge in [0.2, 0.25) is 0 Å². The van der Waals surface area contributed by atoms with Gasteiger partial charge in [0.05, 0.1) is 14.2 Å². The fourth-order valence-electron chi connectivity index (χ4n) is 0.635. The van der Waals surface area contributed by atoms with Crippen LogP contribution >= 0.6 is 0 Å². The second kappa shape index (κ2) is 12.1. The standard InChI is InChI=1S/C9H12O4.C4H6O2/c1-4-8(10)13-6-5-7(2)9(11)12-3;1-3-4(5)6-2/h4-5H,1,6H2,2-3H3;3H,1H2,2H3. The molecule has 0 aliphatic rings. The molecule has 0 fully saturated rings. The van der Waals surface area contributed by atoms with Crippen LogP contribution in [0.2, 0.25) is 0 Å². The Morgan fingerprint density at radius 2 is 1.53 bits per heavy atom. The predicted molar refractivity (Wildman–Crippen MR) is 69.1 cm³/mol. The van der Waals surface area contributed by atoms with E-state index in [0.29, 0.717) is 5.57 Å². The molecule has 0 radical (unpaired) electrons. The maximum Gasteiger partial charge on any atom is 0.333 e. The van der Waals surface area contributed by atoms with Gasteiger partial charge in [-0.05, 0) is 13.0 Å². The molecular formula is C13H18O6. The van der Waals surface area contributed by atoms with Gasteiger partial charge in [0.15, 0.2) is 0 Å². The zero-order chi connectivity index (χ0) is 15.3. The summed E-state index contributed by atoms with van der Waals surface area (Å²) in [6.45, 7) is 8.00. The number of esters is 3. The summed E-state index contributed by atoms with van der Waals surface area (Å²) in [5.74, 6) is -1.35. The van der Waals surface area contributed by atoms with Crippen LogP contribution in [0.5, 0.6) is 0 Å². The molecule has 6 heteroatoms. The Kier molecular flexibility index (Phi) is 12.1. The molecule has 0 saturated carbocycles. The largest absolute Gasteiger partial charge is 0.466 e. The molecule has 0 amide bonds. The minimum absolute atomic E-state index is 0.0474. The summed E-state index contributed by atoms with van der Waals surface area (Å²) < 4.78 is 13.2. The van der Waals surface area contributed by atoms with Gasteiger partial charge in [-0.15, -0.1) is 0 Å². The van der Waals surface area contributed by atoms with Crippen LogP contribution in [-0.4, -0.2) is 38.7 Å². The highest BCUT2D eigenvalue weighted by molar-refractivity contribution is 5.87. The molecule has 0 bridgehead atoms. The maximum atomic E-state index is 10.8. The van der Waals surface area contributed by atoms with Crippen molar-refractivity contribution in [3.8, 4) is 0 Å². The monoisotopic (exact) mass is 270 g/mol. The molecule has 0 N–H and O–H groups in total. The molecule has 0 aliphatic heterocycles. The van der Waals surface area contributed by atoms with Crippen molar-refractivity contribution < 1.29 is 28.6 Å². The molecule has 0 unspecified atom stereocenters. The van der Waals surface area contributed by atoms with E-state index in [0.717, 1.165) is 12.2 Å². The smallest absolute Gasteiger partial charge is 0.333 e. The summed E-state index contributed by atoms with van der Waals surface area (Å²) in [6, 6.07) is 0. The van der Waals surface area contributed by atoms with E-state index in [9.17, 15) is 14.4 Å². The summed E-state index contributed by atoms with van der Waals surface area (Å²) in [6.07, 6.45) is 3.63. The van der Waals surface area contributed by atoms with Crippen LogP contribution < -0.4 is 0 Å². The Balaban J connectivity index is 0. The lowest BCUT2D eigenvalue weighted by atomic mass is 10.3. The molecule has 0 rings (SSSR count). The number of carbonyl (C=O) groups excluding carboxylic acids is 3. The molecule has 0 atom stereocenters. The fraction of sp³-hybridized carbons (Fsp3) is 0.308. The van der Waals surface area contributed by atoms with Crippen LogP contribution in [-0.2, 0) is 28.6 Å². The van der Waals surface area contributed by atoms with Crippen LogP contribution in [0.15, 0.2) is 37.0 Å². The number of carbonyl (C=O) groups is 3. The van der Waals surface area contributed by atoms with E-state index >= 15 is 0 Å². The molecule has 19 heavy (non-hydrogen) atoms. The first-order valence-electron chi connectivity index (χ1n) is 5.17. The zero-order valence-electron chi connectivity index (χ0n) is 11.3. The number of hydrogen-bond acceptors (Lipinski definition) is 6. The van der Waals surface area contributed by atoms with Crippen molar-refractivity contribution in [1.82, 2.24) is 0 Å². The average Bonchev–Trinajstić information content (AvgIpc) is 2.45. The van der Waals surface area contributed by atoms with E-state index in [1.54, 1.807) is 6.92 Å². The van der Waals surface area contributed by atoms with Crippen molar-refractivity contribution in [2.24, 2.45) is 0 Å². The van der Waals surface area contributed by atoms with Gasteiger partial charge in [-0.25, -0.2) is 14.4 Å². The minimum Gasteiger partial charge on any atom is -0.466 e. The van der Waals surface area contributed by atoms with E-state index in [2.05, 4.69) is 27.4 Å². The molecule has 6 nitrogen and oxygen atoms in total. The third-order valence-corrected chi connectivity index (χ3v) is 1.66. The highest BCUT2D eigenvalue weighted by atomic mass is 16.5. The molecule has 0 aliphatic carbocycles. The Hall–Kier alpha value is -2.37. The molecule has 0 aromatic carbocycles. The van der Waals surface area contributed by atoms with Crippen molar-refractivity contribution in [2.75, 3.05) is 20.8 Å². The Morgan fingerprint density at radius 1 is 1.00 bits per heavy atom. The highest BCUT2D eigenvalue weighted by Crippen LogP contribution is 1.95. The van der Waals surface area contributed by atoms with Gasteiger partial charge in [0.25, 0.3) is 0 Å². The first kappa shape index (κ1) is 19.0. The van der Waals surface area contributed by atoms with E-state index in [1.165, 1.54) is 20.3 Å². The lowest BCUT2D eigenvalue weighted by molar-refractivity contribution is -0.138. The molecular weight excluding hydrogens is 252 g/mol. The van der Waals surface area contributed by atoms with Crippen molar-refractivity contribution in [3.63, 3.8) is 0 Å². The van der Waals surface area contributed by atoms with Crippen molar-refractivity contribution in [3.05, 3.63) is 37.0 Å². The summed E-state index contributed by atoms with van der Waals surface area (Å²) in [5, 5.41) is 0. The Bertz CT molecular complexity index is 367. The summed E-state index contributed by atoms with van der Waals surface area (Å²) in [7, 11) is 2.60. The molecule has 0 aromatic rings. The van der Waals surface area contributed by atoms with Crippen LogP contribution in [0.3, 0.4) is 0 Å². The van der Waals surface area contributed by atoms with Crippen molar-refractivity contribution in [1.29, 1.82) is 0 Å². The van der Waals surface area contributed by atoms with E-state index in [-0.39, 0.29) is 6.61 Å². The predicted octanol–water partition coefficient (Wildman–Crippen LogP) is 1.18. The van der Waals surface area contributed by atoms with Gasteiger partial charge in [-0.1, -0.05) is 13.2 Å². The van der Waals surface area contributed by atoms with E-state index in [4.69, 9.17) is 0 Å². The number of methoxy groups -OCH3 is 2. The molecule has 0 spiro atoms. The third kappa shape index (κ3) is 11.9. The second-order valence-electron chi connectivity index (χ2n) is 2.94. The van der Waals surface area contributed by atoms with Gasteiger partial charge in [-0.2, -0.15) is 0 Å². The molecule has 106 valence electrons. The zero-order valence-corrected chi connectivity index (χ0v) is 11.3. The normalized spacial score (nSPS) is 9.32. The van der Waals surface area contributed by atoms with Gasteiger partial charge in [0.1, 0.15) is 6.61 Å². The Morgan fingerprint density at radius 3 is 1.84 bits per heavy atom. The highest BCUT2D eigenvalue weighted by Gasteiger charge is 2.02. The fourth-order valence-corrected chi connectivity index (χ4v) is 0.635. The minimum atomic E-state index is -0.520. The number of ether oxygens (including phenoxy) is 3.